The molecule has 3 unspecified atom stereocenters. The molecule has 0 aromatic heterocycles. The van der Waals surface area contributed by atoms with Gasteiger partial charge in [0.25, 0.3) is 0 Å². The molecule has 3 atom stereocenters. The van der Waals surface area contributed by atoms with Crippen LogP contribution in [0.2, 0.25) is 0 Å². The van der Waals surface area contributed by atoms with Gasteiger partial charge >= 0.3 is 0 Å². The van der Waals surface area contributed by atoms with Gasteiger partial charge < -0.3 is 4.74 Å². The van der Waals surface area contributed by atoms with Crippen LogP contribution in [-0.4, -0.2) is 36.1 Å². The second-order valence-corrected chi connectivity index (χ2v) is 7.24. The van der Waals surface area contributed by atoms with E-state index in [0.29, 0.717) is 0 Å². The zero-order valence-corrected chi connectivity index (χ0v) is 10.8. The fourth-order valence-electron chi connectivity index (χ4n) is 1.29. The standard InChI is InChI=1S/C8H15IO3S/c1-3-6(2)12-8-5-13(10,11)4-7(8)9/h6-8H,3-5H2,1-2H3. The van der Waals surface area contributed by atoms with Crippen molar-refractivity contribution in [3.8, 4) is 0 Å². The minimum Gasteiger partial charge on any atom is -0.373 e. The van der Waals surface area contributed by atoms with Crippen LogP contribution in [0.5, 0.6) is 0 Å². The summed E-state index contributed by atoms with van der Waals surface area (Å²) >= 11 is 2.16. The summed E-state index contributed by atoms with van der Waals surface area (Å²) in [6.45, 7) is 4.02. The SMILES string of the molecule is CCC(C)OC1CS(=O)(=O)CC1I. The van der Waals surface area contributed by atoms with Crippen LogP contribution in [0.15, 0.2) is 0 Å². The van der Waals surface area contributed by atoms with Crippen LogP contribution in [-0.2, 0) is 14.6 Å². The number of sulfone groups is 1. The van der Waals surface area contributed by atoms with Crippen LogP contribution in [0, 0.1) is 0 Å². The maximum atomic E-state index is 11.2. The maximum Gasteiger partial charge on any atom is 0.154 e. The lowest BCUT2D eigenvalue weighted by Gasteiger charge is -2.18. The molecule has 5 heteroatoms. The Morgan fingerprint density at radius 2 is 2.15 bits per heavy atom. The van der Waals surface area contributed by atoms with Crippen LogP contribution in [0.3, 0.4) is 0 Å². The van der Waals surface area contributed by atoms with E-state index < -0.39 is 9.84 Å². The van der Waals surface area contributed by atoms with Crippen molar-refractivity contribution >= 4 is 32.4 Å². The molecular formula is C8H15IO3S. The van der Waals surface area contributed by atoms with Gasteiger partial charge in [-0.15, -0.1) is 0 Å². The highest BCUT2D eigenvalue weighted by atomic mass is 127. The maximum absolute atomic E-state index is 11.2. The third-order valence-corrected chi connectivity index (χ3v) is 5.76. The topological polar surface area (TPSA) is 43.4 Å². The highest BCUT2D eigenvalue weighted by Crippen LogP contribution is 2.24. The number of halogens is 1. The molecule has 0 radical (unpaired) electrons. The van der Waals surface area contributed by atoms with Crippen molar-refractivity contribution in [2.75, 3.05) is 11.5 Å². The molecule has 13 heavy (non-hydrogen) atoms. The lowest BCUT2D eigenvalue weighted by Crippen LogP contribution is -2.26. The summed E-state index contributed by atoms with van der Waals surface area (Å²) in [7, 11) is -2.83. The molecule has 3 nitrogen and oxygen atoms in total. The normalized spacial score (nSPS) is 34.7. The fourth-order valence-corrected chi connectivity index (χ4v) is 5.35. The molecular weight excluding hydrogens is 303 g/mol. The number of alkyl halides is 1. The van der Waals surface area contributed by atoms with Gasteiger partial charge in [-0.3, -0.25) is 0 Å². The molecule has 0 saturated carbocycles. The monoisotopic (exact) mass is 318 g/mol. The number of ether oxygens (including phenoxy) is 1. The van der Waals surface area contributed by atoms with Crippen molar-refractivity contribution in [2.45, 2.75) is 36.4 Å². The van der Waals surface area contributed by atoms with Gasteiger partial charge in [0.1, 0.15) is 0 Å². The summed E-state index contributed by atoms with van der Waals surface area (Å²) in [6, 6.07) is 0. The van der Waals surface area contributed by atoms with Crippen molar-refractivity contribution in [3.63, 3.8) is 0 Å². The van der Waals surface area contributed by atoms with Gasteiger partial charge in [0.2, 0.25) is 0 Å². The van der Waals surface area contributed by atoms with Crippen molar-refractivity contribution in [1.82, 2.24) is 0 Å². The quantitative estimate of drug-likeness (QED) is 0.584. The Kier molecular flexibility index (Phi) is 4.00. The summed E-state index contributed by atoms with van der Waals surface area (Å²) < 4.78 is 28.2. The molecule has 1 rings (SSSR count). The van der Waals surface area contributed by atoms with Crippen LogP contribution in [0.4, 0.5) is 0 Å². The minimum atomic E-state index is -2.83. The zero-order chi connectivity index (χ0) is 10.1. The second-order valence-electron chi connectivity index (χ2n) is 3.49. The number of hydrogen-bond donors (Lipinski definition) is 0. The molecule has 78 valence electrons. The molecule has 1 fully saturated rings. The van der Waals surface area contributed by atoms with Gasteiger partial charge in [-0.1, -0.05) is 29.5 Å². The van der Waals surface area contributed by atoms with E-state index in [4.69, 9.17) is 4.74 Å². The van der Waals surface area contributed by atoms with Crippen LogP contribution >= 0.6 is 22.6 Å². The summed E-state index contributed by atoms with van der Waals surface area (Å²) in [6.07, 6.45) is 0.996. The van der Waals surface area contributed by atoms with E-state index in [2.05, 4.69) is 22.6 Å². The predicted molar refractivity (Wildman–Crippen MR) is 61.1 cm³/mol. The predicted octanol–water partition coefficient (Wildman–Crippen LogP) is 1.40. The highest BCUT2D eigenvalue weighted by Gasteiger charge is 2.37. The van der Waals surface area contributed by atoms with Gasteiger partial charge in [-0.05, 0) is 13.3 Å². The van der Waals surface area contributed by atoms with Crippen LogP contribution < -0.4 is 0 Å². The smallest absolute Gasteiger partial charge is 0.154 e. The van der Waals surface area contributed by atoms with E-state index in [1.54, 1.807) is 0 Å². The molecule has 1 heterocycles. The first-order chi connectivity index (χ1) is 5.94. The van der Waals surface area contributed by atoms with E-state index >= 15 is 0 Å². The van der Waals surface area contributed by atoms with Crippen molar-refractivity contribution in [1.29, 1.82) is 0 Å². The molecule has 1 aliphatic heterocycles. The summed E-state index contributed by atoms with van der Waals surface area (Å²) in [5, 5.41) is 0. The summed E-state index contributed by atoms with van der Waals surface area (Å²) in [4.78, 5) is 0. The van der Waals surface area contributed by atoms with E-state index in [9.17, 15) is 8.42 Å². The molecule has 1 aliphatic rings. The first kappa shape index (κ1) is 11.7. The number of hydrogen-bond acceptors (Lipinski definition) is 3. The van der Waals surface area contributed by atoms with Gasteiger partial charge in [0.15, 0.2) is 9.84 Å². The largest absolute Gasteiger partial charge is 0.373 e. The minimum absolute atomic E-state index is 0.0967. The van der Waals surface area contributed by atoms with Crippen LogP contribution in [0.25, 0.3) is 0 Å². The molecule has 0 N–H and O–H groups in total. The Labute approximate surface area is 93.3 Å². The fraction of sp³-hybridized carbons (Fsp3) is 1.00. The molecule has 0 amide bonds. The van der Waals surface area contributed by atoms with Gasteiger partial charge in [0.05, 0.1) is 27.6 Å². The Bertz CT molecular complexity index is 263. The van der Waals surface area contributed by atoms with E-state index in [-0.39, 0.29) is 27.6 Å². The third kappa shape index (κ3) is 3.36. The second kappa shape index (κ2) is 4.44. The molecule has 0 aromatic carbocycles. The Balaban J connectivity index is 2.53. The first-order valence-corrected chi connectivity index (χ1v) is 7.51. The van der Waals surface area contributed by atoms with Crippen molar-refractivity contribution in [2.24, 2.45) is 0 Å². The molecule has 1 saturated heterocycles. The average molecular weight is 318 g/mol. The Morgan fingerprint density at radius 1 is 1.54 bits per heavy atom. The highest BCUT2D eigenvalue weighted by molar-refractivity contribution is 14.1. The van der Waals surface area contributed by atoms with Gasteiger partial charge in [0, 0.05) is 0 Å². The van der Waals surface area contributed by atoms with Crippen molar-refractivity contribution in [3.05, 3.63) is 0 Å². The number of rotatable bonds is 3. The van der Waals surface area contributed by atoms with E-state index in [1.807, 2.05) is 13.8 Å². The molecule has 0 aromatic rings. The Hall–Kier alpha value is 0.640. The van der Waals surface area contributed by atoms with Crippen molar-refractivity contribution < 1.29 is 13.2 Å². The van der Waals surface area contributed by atoms with Gasteiger partial charge in [-0.25, -0.2) is 8.42 Å². The van der Waals surface area contributed by atoms with Crippen LogP contribution in [0.1, 0.15) is 20.3 Å². The average Bonchev–Trinajstić information content (AvgIpc) is 2.24. The zero-order valence-electron chi connectivity index (χ0n) is 7.86. The summed E-state index contributed by atoms with van der Waals surface area (Å²) in [5.41, 5.74) is 0. The Morgan fingerprint density at radius 3 is 2.54 bits per heavy atom. The van der Waals surface area contributed by atoms with Gasteiger partial charge in [-0.2, -0.15) is 0 Å². The molecule has 0 spiro atoms. The molecule has 0 aliphatic carbocycles. The first-order valence-electron chi connectivity index (χ1n) is 4.44. The lowest BCUT2D eigenvalue weighted by molar-refractivity contribution is 0.0159. The van der Waals surface area contributed by atoms with E-state index in [0.717, 1.165) is 6.42 Å². The lowest BCUT2D eigenvalue weighted by atomic mass is 10.3. The summed E-state index contributed by atoms with van der Waals surface area (Å²) in [5.74, 6) is 0.472. The van der Waals surface area contributed by atoms with E-state index in [1.165, 1.54) is 0 Å². The third-order valence-electron chi connectivity index (χ3n) is 2.22. The molecule has 0 bridgehead atoms.